The highest BCUT2D eigenvalue weighted by Crippen LogP contribution is 2.49. The van der Waals surface area contributed by atoms with Gasteiger partial charge in [0.1, 0.15) is 17.3 Å². The molecule has 4 rings (SSSR count). The molecule has 4 heteroatoms. The fourth-order valence-corrected chi connectivity index (χ4v) is 4.55. The summed E-state index contributed by atoms with van der Waals surface area (Å²) < 4.78 is 6.31. The SMILES string of the molecule is CCN(CC)C(=N)c1ccc2c(c1)Oc1ccccc1C2C1CCNCC1. The number of hydrogen-bond acceptors (Lipinski definition) is 3. The van der Waals surface area contributed by atoms with Crippen molar-refractivity contribution in [3.05, 3.63) is 59.2 Å². The van der Waals surface area contributed by atoms with Crippen LogP contribution in [0.3, 0.4) is 0 Å². The molecule has 2 N–H and O–H groups in total. The Bertz CT molecular complexity index is 822. The van der Waals surface area contributed by atoms with Crippen molar-refractivity contribution in [3.63, 3.8) is 0 Å². The number of para-hydroxylation sites is 1. The molecule has 0 aliphatic carbocycles. The predicted molar refractivity (Wildman–Crippen MR) is 110 cm³/mol. The van der Waals surface area contributed by atoms with E-state index in [1.807, 2.05) is 6.07 Å². The first-order valence-corrected chi connectivity index (χ1v) is 10.2. The van der Waals surface area contributed by atoms with Crippen LogP contribution in [0.25, 0.3) is 0 Å². The van der Waals surface area contributed by atoms with Gasteiger partial charge in [0.15, 0.2) is 0 Å². The normalized spacial score (nSPS) is 19.0. The maximum atomic E-state index is 8.56. The number of fused-ring (bicyclic) bond motifs is 2. The molecule has 0 bridgehead atoms. The number of ether oxygens (including phenoxy) is 1. The molecule has 0 radical (unpaired) electrons. The topological polar surface area (TPSA) is 48.4 Å². The Hall–Kier alpha value is -2.33. The summed E-state index contributed by atoms with van der Waals surface area (Å²) in [5.41, 5.74) is 3.51. The van der Waals surface area contributed by atoms with E-state index in [1.165, 1.54) is 24.0 Å². The van der Waals surface area contributed by atoms with Gasteiger partial charge in [-0.2, -0.15) is 0 Å². The van der Waals surface area contributed by atoms with Crippen LogP contribution in [-0.2, 0) is 0 Å². The van der Waals surface area contributed by atoms with Gasteiger partial charge < -0.3 is 15.0 Å². The van der Waals surface area contributed by atoms with Crippen molar-refractivity contribution in [1.29, 1.82) is 5.41 Å². The molecule has 2 aromatic carbocycles. The van der Waals surface area contributed by atoms with Crippen LogP contribution in [-0.4, -0.2) is 36.9 Å². The van der Waals surface area contributed by atoms with Gasteiger partial charge in [-0.3, -0.25) is 5.41 Å². The van der Waals surface area contributed by atoms with Gasteiger partial charge >= 0.3 is 0 Å². The van der Waals surface area contributed by atoms with Crippen molar-refractivity contribution in [3.8, 4) is 11.5 Å². The summed E-state index contributed by atoms with van der Waals surface area (Å²) in [5.74, 6) is 3.47. The van der Waals surface area contributed by atoms with Gasteiger partial charge in [0.2, 0.25) is 0 Å². The monoisotopic (exact) mass is 363 g/mol. The third kappa shape index (κ3) is 3.34. The summed E-state index contributed by atoms with van der Waals surface area (Å²) in [6.07, 6.45) is 2.38. The van der Waals surface area contributed by atoms with Gasteiger partial charge in [-0.1, -0.05) is 30.3 Å². The lowest BCUT2D eigenvalue weighted by atomic mass is 9.74. The lowest BCUT2D eigenvalue weighted by molar-refractivity contribution is 0.321. The first-order chi connectivity index (χ1) is 13.2. The third-order valence-electron chi connectivity index (χ3n) is 6.03. The Morgan fingerprint density at radius 1 is 1.04 bits per heavy atom. The summed E-state index contributed by atoms with van der Waals surface area (Å²) >= 11 is 0. The molecule has 27 heavy (non-hydrogen) atoms. The molecular weight excluding hydrogens is 334 g/mol. The van der Waals surface area contributed by atoms with Crippen LogP contribution in [0.4, 0.5) is 0 Å². The van der Waals surface area contributed by atoms with Crippen LogP contribution in [0.15, 0.2) is 42.5 Å². The van der Waals surface area contributed by atoms with Crippen molar-refractivity contribution in [2.45, 2.75) is 32.6 Å². The second kappa shape index (κ2) is 7.73. The first-order valence-electron chi connectivity index (χ1n) is 10.2. The average Bonchev–Trinajstić information content (AvgIpc) is 2.73. The van der Waals surface area contributed by atoms with E-state index < -0.39 is 0 Å². The minimum absolute atomic E-state index is 0.378. The molecule has 2 aliphatic rings. The van der Waals surface area contributed by atoms with Gasteiger partial charge in [-0.25, -0.2) is 0 Å². The summed E-state index contributed by atoms with van der Waals surface area (Å²) in [5, 5.41) is 12.0. The molecule has 142 valence electrons. The zero-order valence-electron chi connectivity index (χ0n) is 16.3. The third-order valence-corrected chi connectivity index (χ3v) is 6.03. The van der Waals surface area contributed by atoms with Gasteiger partial charge in [-0.05, 0) is 57.8 Å². The van der Waals surface area contributed by atoms with Crippen molar-refractivity contribution < 1.29 is 4.74 Å². The van der Waals surface area contributed by atoms with Crippen LogP contribution in [0.5, 0.6) is 11.5 Å². The second-order valence-electron chi connectivity index (χ2n) is 7.48. The summed E-state index contributed by atoms with van der Waals surface area (Å²) in [4.78, 5) is 2.07. The van der Waals surface area contributed by atoms with Crippen molar-refractivity contribution in [2.75, 3.05) is 26.2 Å². The zero-order valence-corrected chi connectivity index (χ0v) is 16.3. The molecular formula is C23H29N3O. The highest BCUT2D eigenvalue weighted by Gasteiger charge is 2.34. The Kier molecular flexibility index (Phi) is 5.17. The molecule has 0 spiro atoms. The van der Waals surface area contributed by atoms with Crippen LogP contribution in [0.2, 0.25) is 0 Å². The lowest BCUT2D eigenvalue weighted by Gasteiger charge is -2.36. The van der Waals surface area contributed by atoms with Gasteiger partial charge in [0.25, 0.3) is 0 Å². The number of rotatable bonds is 4. The summed E-state index contributed by atoms with van der Waals surface area (Å²) in [6, 6.07) is 14.8. The number of nitrogens with zero attached hydrogens (tertiary/aromatic N) is 1. The largest absolute Gasteiger partial charge is 0.457 e. The minimum Gasteiger partial charge on any atom is -0.457 e. The van der Waals surface area contributed by atoms with E-state index in [0.29, 0.717) is 17.7 Å². The fraction of sp³-hybridized carbons (Fsp3) is 0.435. The quantitative estimate of drug-likeness (QED) is 0.617. The maximum Gasteiger partial charge on any atom is 0.132 e. The number of hydrogen-bond donors (Lipinski definition) is 2. The maximum absolute atomic E-state index is 8.56. The van der Waals surface area contributed by atoms with Crippen LogP contribution >= 0.6 is 0 Å². The molecule has 2 aromatic rings. The molecule has 0 amide bonds. The van der Waals surface area contributed by atoms with Gasteiger partial charge in [-0.15, -0.1) is 0 Å². The molecule has 1 atom stereocenters. The predicted octanol–water partition coefficient (Wildman–Crippen LogP) is 4.59. The molecule has 0 aromatic heterocycles. The van der Waals surface area contributed by atoms with E-state index in [4.69, 9.17) is 10.1 Å². The van der Waals surface area contributed by atoms with Crippen LogP contribution in [0.1, 0.15) is 49.3 Å². The molecule has 1 unspecified atom stereocenters. The minimum atomic E-state index is 0.378. The Labute approximate surface area is 162 Å². The highest BCUT2D eigenvalue weighted by molar-refractivity contribution is 5.97. The Morgan fingerprint density at radius 2 is 1.74 bits per heavy atom. The van der Waals surface area contributed by atoms with E-state index in [0.717, 1.165) is 43.2 Å². The fourth-order valence-electron chi connectivity index (χ4n) is 4.55. The van der Waals surface area contributed by atoms with E-state index in [9.17, 15) is 0 Å². The smallest absolute Gasteiger partial charge is 0.132 e. The van der Waals surface area contributed by atoms with Gasteiger partial charge in [0.05, 0.1) is 0 Å². The number of nitrogens with one attached hydrogen (secondary N) is 2. The van der Waals surface area contributed by atoms with E-state index in [2.05, 4.69) is 60.5 Å². The van der Waals surface area contributed by atoms with E-state index in [-0.39, 0.29) is 0 Å². The zero-order chi connectivity index (χ0) is 18.8. The van der Waals surface area contributed by atoms with Crippen molar-refractivity contribution >= 4 is 5.84 Å². The number of piperidine rings is 1. The summed E-state index contributed by atoms with van der Waals surface area (Å²) in [7, 11) is 0. The summed E-state index contributed by atoms with van der Waals surface area (Å²) in [6.45, 7) is 8.04. The van der Waals surface area contributed by atoms with E-state index >= 15 is 0 Å². The molecule has 2 heterocycles. The van der Waals surface area contributed by atoms with Crippen molar-refractivity contribution in [2.24, 2.45) is 5.92 Å². The average molecular weight is 364 g/mol. The Morgan fingerprint density at radius 3 is 2.48 bits per heavy atom. The van der Waals surface area contributed by atoms with Crippen molar-refractivity contribution in [1.82, 2.24) is 10.2 Å². The van der Waals surface area contributed by atoms with Crippen LogP contribution < -0.4 is 10.1 Å². The van der Waals surface area contributed by atoms with Crippen LogP contribution in [0, 0.1) is 11.3 Å². The number of amidine groups is 1. The number of benzene rings is 2. The molecule has 4 nitrogen and oxygen atoms in total. The first kappa shape index (κ1) is 18.1. The Balaban J connectivity index is 1.74. The molecule has 0 saturated carbocycles. The standard InChI is InChI=1S/C23H29N3O/c1-3-26(4-2)23(24)17-9-10-19-21(15-17)27-20-8-6-5-7-18(20)22(19)16-11-13-25-14-12-16/h5-10,15-16,22,24-25H,3-4,11-14H2,1-2H3. The molecule has 2 aliphatic heterocycles. The molecule has 1 saturated heterocycles. The lowest BCUT2D eigenvalue weighted by Crippen LogP contribution is -2.32. The second-order valence-corrected chi connectivity index (χ2v) is 7.48. The van der Waals surface area contributed by atoms with Gasteiger partial charge in [0, 0.05) is 35.7 Å². The van der Waals surface area contributed by atoms with E-state index in [1.54, 1.807) is 0 Å². The molecule has 1 fully saturated rings. The highest BCUT2D eigenvalue weighted by atomic mass is 16.5.